The second-order valence-corrected chi connectivity index (χ2v) is 18.3. The number of nitrogens with one attached hydrogen (secondary N) is 1. The van der Waals surface area contributed by atoms with E-state index in [0.29, 0.717) is 60.2 Å². The Labute approximate surface area is 367 Å². The minimum absolute atomic E-state index is 0.0790. The standard InChI is InChI=1S/C48H56N10O5/c1-29-21-33(9-10-36(29)43-28-56(25-30(2)63-43)41-23-40(52-53-45(41)49)37-5-3-4-6-42(37)59)47(61)55-18-11-31(12-19-55)26-54-16-13-34(14-17-54)58-27-39(32-7-8-32)38-22-35(24-50-46(38)58)57-20-15-44(60)51-48(57)62/h3-6,9-10,21-24,27,30-32,34,43,59H,7-8,11-20,25-26,28H2,1-2H3,(H2,49,53)(H,51,60,62)/t30-,43-/m0/s1. The number of piperidine rings is 2. The van der Waals surface area contributed by atoms with Crippen molar-refractivity contribution in [1.29, 1.82) is 0 Å². The first-order valence-electron chi connectivity index (χ1n) is 22.6. The molecule has 63 heavy (non-hydrogen) atoms. The number of fused-ring (bicyclic) bond motifs is 1. The maximum Gasteiger partial charge on any atom is 0.328 e. The van der Waals surface area contributed by atoms with Crippen molar-refractivity contribution in [2.75, 3.05) is 67.9 Å². The van der Waals surface area contributed by atoms with Crippen LogP contribution in [0, 0.1) is 12.8 Å². The Bertz CT molecular complexity index is 2560. The SMILES string of the molecule is Cc1cc(C(=O)N2CCC(CN3CCC(n4cc(C5CC5)c5cc(N6CCC(=O)NC6=O)cnc54)CC3)CC2)ccc1[C@@H]1CN(c2cc(-c3ccccc3O)nnc2N)C[C@H](C)O1. The van der Waals surface area contributed by atoms with Gasteiger partial charge in [0.2, 0.25) is 5.91 Å². The molecular weight excluding hydrogens is 797 g/mol. The van der Waals surface area contributed by atoms with Crippen molar-refractivity contribution < 1.29 is 24.2 Å². The number of amides is 4. The van der Waals surface area contributed by atoms with Crippen molar-refractivity contribution in [3.8, 4) is 17.0 Å². The van der Waals surface area contributed by atoms with Crippen molar-refractivity contribution in [3.05, 3.63) is 89.2 Å². The van der Waals surface area contributed by atoms with Crippen molar-refractivity contribution in [1.82, 2.24) is 34.9 Å². The summed E-state index contributed by atoms with van der Waals surface area (Å²) in [5.41, 5.74) is 14.1. The topological polar surface area (TPSA) is 175 Å². The van der Waals surface area contributed by atoms with Crippen LogP contribution in [0.1, 0.15) is 97.0 Å². The molecule has 15 nitrogen and oxygen atoms in total. The van der Waals surface area contributed by atoms with Crippen LogP contribution in [0.2, 0.25) is 0 Å². The number of morpholine rings is 1. The minimum Gasteiger partial charge on any atom is -0.507 e. The number of nitrogens with zero attached hydrogens (tertiary/aromatic N) is 8. The number of imide groups is 1. The van der Waals surface area contributed by atoms with Gasteiger partial charge in [-0.2, -0.15) is 0 Å². The zero-order valence-electron chi connectivity index (χ0n) is 36.1. The number of anilines is 3. The molecule has 0 radical (unpaired) electrons. The summed E-state index contributed by atoms with van der Waals surface area (Å²) < 4.78 is 8.87. The monoisotopic (exact) mass is 852 g/mol. The quantitative estimate of drug-likeness (QED) is 0.146. The van der Waals surface area contributed by atoms with Crippen molar-refractivity contribution in [2.24, 2.45) is 5.92 Å². The summed E-state index contributed by atoms with van der Waals surface area (Å²) in [6, 6.07) is 17.0. The average Bonchev–Trinajstić information content (AvgIpc) is 4.06. The zero-order valence-corrected chi connectivity index (χ0v) is 36.1. The number of para-hydroxylation sites is 1. The van der Waals surface area contributed by atoms with E-state index in [1.54, 1.807) is 23.2 Å². The number of aryl methyl sites for hydroxylation is 1. The molecule has 2 aromatic carbocycles. The molecule has 328 valence electrons. The summed E-state index contributed by atoms with van der Waals surface area (Å²) in [6.07, 6.45) is 10.5. The summed E-state index contributed by atoms with van der Waals surface area (Å²) >= 11 is 0. The van der Waals surface area contributed by atoms with Crippen LogP contribution in [-0.2, 0) is 9.53 Å². The predicted molar refractivity (Wildman–Crippen MR) is 241 cm³/mol. The first-order valence-corrected chi connectivity index (χ1v) is 22.6. The van der Waals surface area contributed by atoms with E-state index >= 15 is 0 Å². The Morgan fingerprint density at radius 2 is 1.71 bits per heavy atom. The molecule has 4 aliphatic heterocycles. The molecule has 10 rings (SSSR count). The lowest BCUT2D eigenvalue weighted by molar-refractivity contribution is -0.120. The van der Waals surface area contributed by atoms with E-state index in [9.17, 15) is 19.5 Å². The smallest absolute Gasteiger partial charge is 0.328 e. The van der Waals surface area contributed by atoms with E-state index in [1.165, 1.54) is 18.4 Å². The van der Waals surface area contributed by atoms with Gasteiger partial charge in [-0.3, -0.25) is 19.8 Å². The second kappa shape index (κ2) is 16.9. The van der Waals surface area contributed by atoms with Crippen LogP contribution >= 0.6 is 0 Å². The van der Waals surface area contributed by atoms with Crippen LogP contribution in [-0.4, -0.2) is 111 Å². The molecular formula is C48H56N10O5. The molecule has 0 spiro atoms. The van der Waals surface area contributed by atoms with Crippen molar-refractivity contribution in [3.63, 3.8) is 0 Å². The highest BCUT2D eigenvalue weighted by Gasteiger charge is 2.34. The number of carbonyl (C=O) groups excluding carboxylic acids is 3. The number of benzene rings is 2. The van der Waals surface area contributed by atoms with E-state index in [4.69, 9.17) is 15.5 Å². The Morgan fingerprint density at radius 3 is 2.46 bits per heavy atom. The maximum atomic E-state index is 13.9. The van der Waals surface area contributed by atoms with Crippen LogP contribution in [0.25, 0.3) is 22.3 Å². The van der Waals surface area contributed by atoms with Crippen LogP contribution in [0.5, 0.6) is 5.75 Å². The van der Waals surface area contributed by atoms with Gasteiger partial charge in [-0.25, -0.2) is 9.78 Å². The molecule has 0 unspecified atom stereocenters. The number of phenolic OH excluding ortho intramolecular Hbond substituents is 1. The fourth-order valence-electron chi connectivity index (χ4n) is 10.3. The Hall–Kier alpha value is -6.06. The number of aromatic nitrogens is 4. The number of phenols is 1. The molecule has 7 heterocycles. The molecule has 5 aliphatic rings. The van der Waals surface area contributed by atoms with Gasteiger partial charge in [-0.1, -0.05) is 18.2 Å². The molecule has 1 saturated carbocycles. The largest absolute Gasteiger partial charge is 0.507 e. The molecule has 0 bridgehead atoms. The van der Waals surface area contributed by atoms with E-state index in [-0.39, 0.29) is 42.2 Å². The average molecular weight is 853 g/mol. The maximum absolute atomic E-state index is 13.9. The minimum atomic E-state index is -0.381. The van der Waals surface area contributed by atoms with Gasteiger partial charge < -0.3 is 34.8 Å². The first kappa shape index (κ1) is 41.0. The number of hydrogen-bond donors (Lipinski definition) is 3. The van der Waals surface area contributed by atoms with E-state index in [2.05, 4.69) is 42.1 Å². The number of nitrogens with two attached hydrogens (primary N) is 1. The number of aromatic hydroxyl groups is 1. The summed E-state index contributed by atoms with van der Waals surface area (Å²) in [6.45, 7) is 10.3. The number of pyridine rings is 1. The third kappa shape index (κ3) is 8.31. The van der Waals surface area contributed by atoms with Gasteiger partial charge in [0.15, 0.2) is 5.82 Å². The van der Waals surface area contributed by atoms with Gasteiger partial charge in [0.05, 0.1) is 29.4 Å². The highest BCUT2D eigenvalue weighted by Crippen LogP contribution is 2.45. The number of nitrogen functional groups attached to an aromatic ring is 1. The highest BCUT2D eigenvalue weighted by atomic mass is 16.5. The number of likely N-dealkylation sites (tertiary alicyclic amines) is 2. The third-order valence-electron chi connectivity index (χ3n) is 13.9. The van der Waals surface area contributed by atoms with Crippen molar-refractivity contribution in [2.45, 2.75) is 83.0 Å². The third-order valence-corrected chi connectivity index (χ3v) is 13.9. The van der Waals surface area contributed by atoms with Crippen LogP contribution in [0.15, 0.2) is 67.0 Å². The van der Waals surface area contributed by atoms with Crippen molar-refractivity contribution >= 4 is 46.1 Å². The highest BCUT2D eigenvalue weighted by molar-refractivity contribution is 6.06. The number of hydrogen-bond acceptors (Lipinski definition) is 11. The predicted octanol–water partition coefficient (Wildman–Crippen LogP) is 6.57. The van der Waals surface area contributed by atoms with Crippen LogP contribution in [0.3, 0.4) is 0 Å². The summed E-state index contributed by atoms with van der Waals surface area (Å²) in [5.74, 6) is 1.39. The fourth-order valence-corrected chi connectivity index (χ4v) is 10.3. The van der Waals surface area contributed by atoms with Gasteiger partial charge >= 0.3 is 6.03 Å². The lowest BCUT2D eigenvalue weighted by atomic mass is 9.93. The molecule has 1 aliphatic carbocycles. The number of rotatable bonds is 9. The summed E-state index contributed by atoms with van der Waals surface area (Å²) in [7, 11) is 0. The first-order chi connectivity index (χ1) is 30.6. The number of urea groups is 1. The van der Waals surface area contributed by atoms with E-state index in [1.807, 2.05) is 55.1 Å². The van der Waals surface area contributed by atoms with Gasteiger partial charge in [-0.15, -0.1) is 10.2 Å². The normalized spacial score (nSPS) is 21.9. The van der Waals surface area contributed by atoms with Gasteiger partial charge in [0.1, 0.15) is 17.5 Å². The molecule has 15 heteroatoms. The second-order valence-electron chi connectivity index (χ2n) is 18.3. The summed E-state index contributed by atoms with van der Waals surface area (Å²) in [5, 5.41) is 22.5. The van der Waals surface area contributed by atoms with Gasteiger partial charge in [-0.05, 0) is 117 Å². The molecule has 4 saturated heterocycles. The van der Waals surface area contributed by atoms with Crippen LogP contribution < -0.4 is 20.9 Å². The molecule has 3 aromatic heterocycles. The van der Waals surface area contributed by atoms with Gasteiger partial charge in [0.25, 0.3) is 5.91 Å². The lowest BCUT2D eigenvalue weighted by Crippen LogP contribution is -2.49. The molecule has 4 amide bonds. The summed E-state index contributed by atoms with van der Waals surface area (Å²) in [4.78, 5) is 51.5. The molecule has 4 N–H and O–H groups in total. The fraction of sp³-hybridized carbons (Fsp3) is 0.458. The molecule has 5 fully saturated rings. The van der Waals surface area contributed by atoms with Gasteiger partial charge in [0, 0.05) is 87.5 Å². The Balaban J connectivity index is 0.732. The van der Waals surface area contributed by atoms with Crippen LogP contribution in [0.4, 0.5) is 22.0 Å². The molecule has 5 aromatic rings. The lowest BCUT2D eigenvalue weighted by Gasteiger charge is -2.39. The van der Waals surface area contributed by atoms with E-state index in [0.717, 1.165) is 91.9 Å². The number of carbonyl (C=O) groups is 3. The zero-order chi connectivity index (χ0) is 43.4. The number of ether oxygens (including phenoxy) is 1. The Kier molecular flexibility index (Phi) is 11.0. The Morgan fingerprint density at radius 1 is 0.921 bits per heavy atom. The van der Waals surface area contributed by atoms with E-state index < -0.39 is 0 Å². The molecule has 2 atom stereocenters.